The summed E-state index contributed by atoms with van der Waals surface area (Å²) in [5.74, 6) is -0.409. The summed E-state index contributed by atoms with van der Waals surface area (Å²) in [5.41, 5.74) is 0. The minimum absolute atomic E-state index is 0.00981. The molecule has 0 aromatic rings. The average molecular weight is 174 g/mol. The summed E-state index contributed by atoms with van der Waals surface area (Å²) in [4.78, 5) is 10.9. The van der Waals surface area contributed by atoms with Gasteiger partial charge < -0.3 is 4.74 Å². The smallest absolute Gasteiger partial charge is 0.135 e. The highest BCUT2D eigenvalue weighted by Crippen LogP contribution is 2.29. The van der Waals surface area contributed by atoms with Crippen molar-refractivity contribution in [2.24, 2.45) is 5.92 Å². The van der Waals surface area contributed by atoms with Gasteiger partial charge in [0.2, 0.25) is 0 Å². The van der Waals surface area contributed by atoms with Crippen molar-refractivity contribution in [3.63, 3.8) is 0 Å². The number of Topliss-reactive ketones (excluding diaryl/α,β-unsaturated/α-hetero) is 1. The van der Waals surface area contributed by atoms with E-state index in [1.54, 1.807) is 7.11 Å². The van der Waals surface area contributed by atoms with Crippen LogP contribution in [0.4, 0.5) is 4.39 Å². The van der Waals surface area contributed by atoms with Gasteiger partial charge in [-0.3, -0.25) is 4.79 Å². The summed E-state index contributed by atoms with van der Waals surface area (Å²) in [6.45, 7) is 1.46. The van der Waals surface area contributed by atoms with Crippen molar-refractivity contribution in [3.8, 4) is 0 Å². The Hall–Kier alpha value is -0.440. The Kier molecular flexibility index (Phi) is 3.20. The molecule has 3 unspecified atom stereocenters. The van der Waals surface area contributed by atoms with E-state index in [9.17, 15) is 9.18 Å². The first-order valence-electron chi connectivity index (χ1n) is 4.32. The van der Waals surface area contributed by atoms with Crippen LogP contribution in [0.3, 0.4) is 0 Å². The van der Waals surface area contributed by atoms with E-state index in [1.165, 1.54) is 6.92 Å². The van der Waals surface area contributed by atoms with E-state index in [4.69, 9.17) is 4.74 Å². The fourth-order valence-electron chi connectivity index (χ4n) is 1.75. The summed E-state index contributed by atoms with van der Waals surface area (Å²) >= 11 is 0. The highest BCUT2D eigenvalue weighted by atomic mass is 19.1. The Bertz CT molecular complexity index is 170. The average Bonchev–Trinajstić information content (AvgIpc) is 2.03. The van der Waals surface area contributed by atoms with Crippen molar-refractivity contribution in [1.82, 2.24) is 0 Å². The van der Waals surface area contributed by atoms with Crippen LogP contribution in [0.1, 0.15) is 26.2 Å². The molecule has 12 heavy (non-hydrogen) atoms. The van der Waals surface area contributed by atoms with Gasteiger partial charge in [0.1, 0.15) is 12.0 Å². The molecule has 1 saturated carbocycles. The largest absolute Gasteiger partial charge is 0.381 e. The van der Waals surface area contributed by atoms with E-state index in [0.717, 1.165) is 6.42 Å². The van der Waals surface area contributed by atoms with Crippen molar-refractivity contribution in [2.75, 3.05) is 7.11 Å². The zero-order valence-electron chi connectivity index (χ0n) is 7.55. The molecule has 0 amide bonds. The van der Waals surface area contributed by atoms with Crippen molar-refractivity contribution in [1.29, 1.82) is 0 Å². The third-order valence-electron chi connectivity index (χ3n) is 2.58. The highest BCUT2D eigenvalue weighted by molar-refractivity contribution is 5.79. The van der Waals surface area contributed by atoms with Crippen LogP contribution < -0.4 is 0 Å². The fourth-order valence-corrected chi connectivity index (χ4v) is 1.75. The maximum absolute atomic E-state index is 13.2. The molecule has 1 aliphatic rings. The molecule has 0 bridgehead atoms. The summed E-state index contributed by atoms with van der Waals surface area (Å²) in [7, 11) is 1.59. The van der Waals surface area contributed by atoms with Gasteiger partial charge in [-0.2, -0.15) is 0 Å². The third-order valence-corrected chi connectivity index (χ3v) is 2.58. The van der Waals surface area contributed by atoms with E-state index in [-0.39, 0.29) is 17.8 Å². The Morgan fingerprint density at radius 2 is 2.17 bits per heavy atom. The van der Waals surface area contributed by atoms with Crippen LogP contribution in [0.5, 0.6) is 0 Å². The number of alkyl halides is 1. The molecule has 0 N–H and O–H groups in total. The molecule has 0 aliphatic heterocycles. The van der Waals surface area contributed by atoms with Crippen LogP contribution in [0, 0.1) is 5.92 Å². The molecule has 0 radical (unpaired) electrons. The van der Waals surface area contributed by atoms with Crippen LogP contribution in [0.2, 0.25) is 0 Å². The van der Waals surface area contributed by atoms with Gasteiger partial charge in [-0.05, 0) is 19.8 Å². The number of ether oxygens (including phenoxy) is 1. The van der Waals surface area contributed by atoms with Gasteiger partial charge in [0.25, 0.3) is 0 Å². The number of ketones is 1. The lowest BCUT2D eigenvalue weighted by atomic mass is 9.83. The minimum atomic E-state index is -0.999. The van der Waals surface area contributed by atoms with Gasteiger partial charge >= 0.3 is 0 Å². The van der Waals surface area contributed by atoms with Crippen LogP contribution in [-0.4, -0.2) is 25.2 Å². The number of hydrogen-bond acceptors (Lipinski definition) is 2. The minimum Gasteiger partial charge on any atom is -0.381 e. The molecule has 1 aliphatic carbocycles. The monoisotopic (exact) mass is 174 g/mol. The van der Waals surface area contributed by atoms with Gasteiger partial charge in [-0.25, -0.2) is 4.39 Å². The number of carbonyl (C=O) groups is 1. The van der Waals surface area contributed by atoms with Crippen LogP contribution in [0.15, 0.2) is 0 Å². The Balaban J connectivity index is 2.47. The second-order valence-electron chi connectivity index (χ2n) is 3.40. The quantitative estimate of drug-likeness (QED) is 0.637. The predicted molar refractivity (Wildman–Crippen MR) is 43.7 cm³/mol. The first-order valence-corrected chi connectivity index (χ1v) is 4.32. The van der Waals surface area contributed by atoms with E-state index in [2.05, 4.69) is 0 Å². The Labute approximate surface area is 72.1 Å². The second-order valence-corrected chi connectivity index (χ2v) is 3.40. The Morgan fingerprint density at radius 1 is 1.50 bits per heavy atom. The number of hydrogen-bond donors (Lipinski definition) is 0. The zero-order chi connectivity index (χ0) is 9.14. The summed E-state index contributed by atoms with van der Waals surface area (Å²) in [6, 6.07) is 0. The molecular weight excluding hydrogens is 159 g/mol. The van der Waals surface area contributed by atoms with Gasteiger partial charge in [0, 0.05) is 19.4 Å². The van der Waals surface area contributed by atoms with E-state index in [0.29, 0.717) is 12.8 Å². The number of rotatable bonds is 2. The maximum Gasteiger partial charge on any atom is 0.135 e. The second kappa shape index (κ2) is 3.99. The van der Waals surface area contributed by atoms with Crippen LogP contribution in [-0.2, 0) is 9.53 Å². The normalized spacial score (nSPS) is 36.4. The van der Waals surface area contributed by atoms with Crippen molar-refractivity contribution in [3.05, 3.63) is 0 Å². The predicted octanol–water partition coefficient (Wildman–Crippen LogP) is 1.73. The van der Waals surface area contributed by atoms with Crippen molar-refractivity contribution >= 4 is 5.78 Å². The first-order chi connectivity index (χ1) is 5.65. The SMILES string of the molecule is COC1CCC(C(C)=O)C(F)C1. The fraction of sp³-hybridized carbons (Fsp3) is 0.889. The molecule has 0 aromatic carbocycles. The molecule has 70 valence electrons. The molecule has 0 spiro atoms. The molecular formula is C9H15FO2. The molecule has 0 saturated heterocycles. The lowest BCUT2D eigenvalue weighted by Crippen LogP contribution is -2.33. The zero-order valence-corrected chi connectivity index (χ0v) is 7.55. The lowest BCUT2D eigenvalue weighted by Gasteiger charge is -2.29. The summed E-state index contributed by atoms with van der Waals surface area (Å²) < 4.78 is 18.3. The van der Waals surface area contributed by atoms with Gasteiger partial charge in [0.05, 0.1) is 6.10 Å². The molecule has 2 nitrogen and oxygen atoms in total. The van der Waals surface area contributed by atoms with Crippen LogP contribution in [0.25, 0.3) is 0 Å². The van der Waals surface area contributed by atoms with Crippen molar-refractivity contribution in [2.45, 2.75) is 38.5 Å². The van der Waals surface area contributed by atoms with Crippen molar-refractivity contribution < 1.29 is 13.9 Å². The standard InChI is InChI=1S/C9H15FO2/c1-6(11)8-4-3-7(12-2)5-9(8)10/h7-9H,3-5H2,1-2H3. The van der Waals surface area contributed by atoms with Crippen LogP contribution >= 0.6 is 0 Å². The topological polar surface area (TPSA) is 26.3 Å². The first kappa shape index (κ1) is 9.65. The summed E-state index contributed by atoms with van der Waals surface area (Å²) in [5, 5.41) is 0. The number of carbonyl (C=O) groups excluding carboxylic acids is 1. The Morgan fingerprint density at radius 3 is 2.58 bits per heavy atom. The van der Waals surface area contributed by atoms with E-state index >= 15 is 0 Å². The molecule has 3 atom stereocenters. The van der Waals surface area contributed by atoms with Gasteiger partial charge in [0.15, 0.2) is 0 Å². The molecule has 3 heteroatoms. The van der Waals surface area contributed by atoms with E-state index in [1.807, 2.05) is 0 Å². The molecule has 0 aromatic heterocycles. The maximum atomic E-state index is 13.2. The number of methoxy groups -OCH3 is 1. The summed E-state index contributed by atoms with van der Waals surface area (Å²) in [6.07, 6.45) is 0.827. The highest BCUT2D eigenvalue weighted by Gasteiger charge is 2.33. The molecule has 0 heterocycles. The number of halogens is 1. The molecule has 1 rings (SSSR count). The van der Waals surface area contributed by atoms with Gasteiger partial charge in [-0.15, -0.1) is 0 Å². The van der Waals surface area contributed by atoms with E-state index < -0.39 is 6.17 Å². The lowest BCUT2D eigenvalue weighted by molar-refractivity contribution is -0.125. The molecule has 1 fully saturated rings. The third kappa shape index (κ3) is 2.03. The van der Waals surface area contributed by atoms with Gasteiger partial charge in [-0.1, -0.05) is 0 Å².